The van der Waals surface area contributed by atoms with Crippen LogP contribution in [0.3, 0.4) is 0 Å². The highest BCUT2D eigenvalue weighted by Crippen LogP contribution is 2.27. The molecule has 0 aliphatic carbocycles. The molecule has 0 bridgehead atoms. The third-order valence-corrected chi connectivity index (χ3v) is 5.89. The molecule has 0 aliphatic heterocycles. The second kappa shape index (κ2) is 10.5. The Balaban J connectivity index is 1.96. The number of hydrogen-bond acceptors (Lipinski definition) is 5. The zero-order chi connectivity index (χ0) is 21.4. The molecule has 0 heterocycles. The molecular weight excluding hydrogens is 416 g/mol. The Morgan fingerprint density at radius 1 is 1.17 bits per heavy atom. The molecule has 29 heavy (non-hydrogen) atoms. The van der Waals surface area contributed by atoms with Gasteiger partial charge in [-0.1, -0.05) is 23.7 Å². The standard InChI is InChI=1S/C20H25ClN2O5S/c1-4-28-18-10-7-16(21)13-19(18)29(25,26)23-14(2)20(24)22-12-11-15-5-8-17(27-3)9-6-15/h5-10,13-14,23H,4,11-12H2,1-3H3,(H,22,24). The lowest BCUT2D eigenvalue weighted by molar-refractivity contribution is -0.122. The number of benzene rings is 2. The molecule has 1 amide bonds. The van der Waals surface area contributed by atoms with Gasteiger partial charge in [-0.15, -0.1) is 0 Å². The Kier molecular flexibility index (Phi) is 8.31. The van der Waals surface area contributed by atoms with E-state index in [0.29, 0.717) is 19.6 Å². The largest absolute Gasteiger partial charge is 0.497 e. The first-order chi connectivity index (χ1) is 13.8. The summed E-state index contributed by atoms with van der Waals surface area (Å²) < 4.78 is 38.3. The van der Waals surface area contributed by atoms with Gasteiger partial charge in [0.2, 0.25) is 15.9 Å². The molecule has 0 aliphatic rings. The minimum Gasteiger partial charge on any atom is -0.497 e. The highest BCUT2D eigenvalue weighted by atomic mass is 35.5. The van der Waals surface area contributed by atoms with Crippen LogP contribution in [0.2, 0.25) is 5.02 Å². The van der Waals surface area contributed by atoms with Gasteiger partial charge in [0.25, 0.3) is 0 Å². The van der Waals surface area contributed by atoms with Crippen LogP contribution in [0.1, 0.15) is 19.4 Å². The molecule has 9 heteroatoms. The zero-order valence-electron chi connectivity index (χ0n) is 16.6. The zero-order valence-corrected chi connectivity index (χ0v) is 18.1. The van der Waals surface area contributed by atoms with Gasteiger partial charge in [-0.25, -0.2) is 8.42 Å². The lowest BCUT2D eigenvalue weighted by Crippen LogP contribution is -2.45. The number of halogens is 1. The first-order valence-corrected chi connectivity index (χ1v) is 11.0. The van der Waals surface area contributed by atoms with Crippen molar-refractivity contribution in [3.63, 3.8) is 0 Å². The van der Waals surface area contributed by atoms with Crippen molar-refractivity contribution in [3.05, 3.63) is 53.1 Å². The van der Waals surface area contributed by atoms with E-state index in [-0.39, 0.29) is 15.7 Å². The summed E-state index contributed by atoms with van der Waals surface area (Å²) in [5.41, 5.74) is 1.03. The van der Waals surface area contributed by atoms with Crippen LogP contribution in [-0.2, 0) is 21.2 Å². The first-order valence-electron chi connectivity index (χ1n) is 9.12. The number of rotatable bonds is 10. The SMILES string of the molecule is CCOc1ccc(Cl)cc1S(=O)(=O)NC(C)C(=O)NCCc1ccc(OC)cc1. The number of nitrogens with one attached hydrogen (secondary N) is 2. The van der Waals surface area contributed by atoms with E-state index in [1.54, 1.807) is 20.1 Å². The summed E-state index contributed by atoms with van der Waals surface area (Å²) in [6.07, 6.45) is 0.609. The van der Waals surface area contributed by atoms with E-state index in [2.05, 4.69) is 10.0 Å². The summed E-state index contributed by atoms with van der Waals surface area (Å²) in [4.78, 5) is 12.2. The van der Waals surface area contributed by atoms with E-state index in [9.17, 15) is 13.2 Å². The number of sulfonamides is 1. The van der Waals surface area contributed by atoms with Gasteiger partial charge in [0.05, 0.1) is 19.8 Å². The fourth-order valence-electron chi connectivity index (χ4n) is 2.59. The third-order valence-electron chi connectivity index (χ3n) is 4.09. The number of hydrogen-bond donors (Lipinski definition) is 2. The Labute approximate surface area is 176 Å². The van der Waals surface area contributed by atoms with Gasteiger partial charge in [0.1, 0.15) is 16.4 Å². The molecule has 2 N–H and O–H groups in total. The summed E-state index contributed by atoms with van der Waals surface area (Å²) in [5, 5.41) is 2.99. The Morgan fingerprint density at radius 3 is 2.48 bits per heavy atom. The van der Waals surface area contributed by atoms with Crippen molar-refractivity contribution >= 4 is 27.5 Å². The van der Waals surface area contributed by atoms with Gasteiger partial charge >= 0.3 is 0 Å². The number of methoxy groups -OCH3 is 1. The van der Waals surface area contributed by atoms with Crippen LogP contribution in [0.5, 0.6) is 11.5 Å². The average Bonchev–Trinajstić information content (AvgIpc) is 2.69. The minimum absolute atomic E-state index is 0.107. The van der Waals surface area contributed by atoms with Crippen molar-refractivity contribution in [3.8, 4) is 11.5 Å². The smallest absolute Gasteiger partial charge is 0.245 e. The van der Waals surface area contributed by atoms with Crippen LogP contribution in [0.15, 0.2) is 47.4 Å². The van der Waals surface area contributed by atoms with Crippen molar-refractivity contribution in [2.45, 2.75) is 31.2 Å². The minimum atomic E-state index is -4.00. The van der Waals surface area contributed by atoms with Gasteiger partial charge in [0, 0.05) is 11.6 Å². The first kappa shape index (κ1) is 23.0. The van der Waals surface area contributed by atoms with Crippen LogP contribution >= 0.6 is 11.6 Å². The molecule has 0 saturated carbocycles. The van der Waals surface area contributed by atoms with E-state index in [1.165, 1.54) is 19.1 Å². The highest BCUT2D eigenvalue weighted by Gasteiger charge is 2.25. The van der Waals surface area contributed by atoms with Crippen LogP contribution in [0.25, 0.3) is 0 Å². The Bertz CT molecular complexity index is 932. The topological polar surface area (TPSA) is 93.7 Å². The molecule has 2 aromatic carbocycles. The normalized spacial score (nSPS) is 12.3. The van der Waals surface area contributed by atoms with Crippen LogP contribution in [0, 0.1) is 0 Å². The number of carbonyl (C=O) groups is 1. The summed E-state index contributed by atoms with van der Waals surface area (Å²) in [6.45, 7) is 3.90. The van der Waals surface area contributed by atoms with Crippen molar-refractivity contribution in [2.24, 2.45) is 0 Å². The summed E-state index contributed by atoms with van der Waals surface area (Å²) in [6, 6.07) is 10.9. The highest BCUT2D eigenvalue weighted by molar-refractivity contribution is 7.89. The monoisotopic (exact) mass is 440 g/mol. The van der Waals surface area contributed by atoms with Crippen LogP contribution in [-0.4, -0.2) is 40.6 Å². The third kappa shape index (κ3) is 6.62. The summed E-state index contributed by atoms with van der Waals surface area (Å²) >= 11 is 5.93. The van der Waals surface area contributed by atoms with Crippen LogP contribution in [0.4, 0.5) is 0 Å². The lowest BCUT2D eigenvalue weighted by atomic mass is 10.1. The molecule has 1 atom stereocenters. The molecular formula is C20H25ClN2O5S. The second-order valence-electron chi connectivity index (χ2n) is 6.26. The van der Waals surface area contributed by atoms with Gasteiger partial charge in [-0.05, 0) is 56.2 Å². The van der Waals surface area contributed by atoms with Crippen molar-refractivity contribution in [1.29, 1.82) is 0 Å². The molecule has 0 saturated heterocycles. The maximum atomic E-state index is 12.7. The molecule has 0 fully saturated rings. The average molecular weight is 441 g/mol. The number of amides is 1. The Hall–Kier alpha value is -2.29. The predicted molar refractivity (Wildman–Crippen MR) is 112 cm³/mol. The number of carbonyl (C=O) groups excluding carboxylic acids is 1. The second-order valence-corrected chi connectivity index (χ2v) is 8.37. The molecule has 158 valence electrons. The Morgan fingerprint density at radius 2 is 1.86 bits per heavy atom. The van der Waals surface area contributed by atoms with Gasteiger partial charge < -0.3 is 14.8 Å². The molecule has 1 unspecified atom stereocenters. The van der Waals surface area contributed by atoms with Gasteiger partial charge in [-0.2, -0.15) is 4.72 Å². The fraction of sp³-hybridized carbons (Fsp3) is 0.350. The molecule has 7 nitrogen and oxygen atoms in total. The van der Waals surface area contributed by atoms with Crippen molar-refractivity contribution in [1.82, 2.24) is 10.0 Å². The summed E-state index contributed by atoms with van der Waals surface area (Å²) in [5.74, 6) is 0.506. The molecule has 0 radical (unpaired) electrons. The predicted octanol–water partition coefficient (Wildman–Crippen LogP) is 2.77. The molecule has 0 aromatic heterocycles. The molecule has 2 rings (SSSR count). The van der Waals surface area contributed by atoms with Crippen LogP contribution < -0.4 is 19.5 Å². The van der Waals surface area contributed by atoms with E-state index >= 15 is 0 Å². The maximum absolute atomic E-state index is 12.7. The fourth-order valence-corrected chi connectivity index (χ4v) is 4.20. The van der Waals surface area contributed by atoms with E-state index in [1.807, 2.05) is 24.3 Å². The van der Waals surface area contributed by atoms with E-state index < -0.39 is 22.0 Å². The van der Waals surface area contributed by atoms with Crippen molar-refractivity contribution < 1.29 is 22.7 Å². The molecule has 0 spiro atoms. The lowest BCUT2D eigenvalue weighted by Gasteiger charge is -2.16. The van der Waals surface area contributed by atoms with Crippen molar-refractivity contribution in [2.75, 3.05) is 20.3 Å². The van der Waals surface area contributed by atoms with E-state index in [4.69, 9.17) is 21.1 Å². The van der Waals surface area contributed by atoms with Gasteiger partial charge in [-0.3, -0.25) is 4.79 Å². The number of ether oxygens (including phenoxy) is 2. The maximum Gasteiger partial charge on any atom is 0.245 e. The summed E-state index contributed by atoms with van der Waals surface area (Å²) in [7, 11) is -2.40. The van der Waals surface area contributed by atoms with E-state index in [0.717, 1.165) is 11.3 Å². The van der Waals surface area contributed by atoms with Gasteiger partial charge in [0.15, 0.2) is 0 Å². The molecule has 2 aromatic rings. The quantitative estimate of drug-likeness (QED) is 0.592.